The predicted molar refractivity (Wildman–Crippen MR) is 135 cm³/mol. The van der Waals surface area contributed by atoms with Crippen LogP contribution in [-0.2, 0) is 19.2 Å². The molecule has 198 valence electrons. The van der Waals surface area contributed by atoms with Crippen LogP contribution in [0.2, 0.25) is 0 Å². The molecule has 3 N–H and O–H groups in total. The van der Waals surface area contributed by atoms with E-state index in [0.29, 0.717) is 17.6 Å². The number of hydrogen-bond acceptors (Lipinski definition) is 8. The molecule has 2 bridgehead atoms. The largest absolute Gasteiger partial charge is 0.450 e. The number of esters is 1. The van der Waals surface area contributed by atoms with Crippen LogP contribution in [0, 0.1) is 34.5 Å². The number of rotatable bonds is 5. The van der Waals surface area contributed by atoms with E-state index in [1.165, 1.54) is 7.11 Å². The molecule has 2 saturated carbocycles. The highest BCUT2D eigenvalue weighted by Crippen LogP contribution is 2.71. The lowest BCUT2D eigenvalue weighted by Gasteiger charge is -2.48. The van der Waals surface area contributed by atoms with Gasteiger partial charge in [0.25, 0.3) is 0 Å². The topological polar surface area (TPSA) is 126 Å². The number of aliphatic hydroxyl groups is 3. The third kappa shape index (κ3) is 3.35. The lowest BCUT2D eigenvalue weighted by atomic mass is 9.59. The minimum atomic E-state index is -2.21. The normalized spacial score (nSPS) is 39.9. The minimum Gasteiger partial charge on any atom is -0.450 e. The van der Waals surface area contributed by atoms with Crippen LogP contribution < -0.4 is 0 Å². The van der Waals surface area contributed by atoms with Gasteiger partial charge in [-0.3, -0.25) is 4.79 Å². The summed E-state index contributed by atoms with van der Waals surface area (Å²) in [6.07, 6.45) is 1.07. The Balaban J connectivity index is 1.61. The summed E-state index contributed by atoms with van der Waals surface area (Å²) in [6.45, 7) is 7.36. The fraction of sp³-hybridized carbons (Fsp3) is 0.552. The molecule has 0 aromatic heterocycles. The highest BCUT2D eigenvalue weighted by atomic mass is 16.6. The molecule has 0 radical (unpaired) electrons. The molecule has 8 atom stereocenters. The van der Waals surface area contributed by atoms with E-state index in [1.54, 1.807) is 49.4 Å². The number of benzene rings is 1. The first-order chi connectivity index (χ1) is 17.5. The van der Waals surface area contributed by atoms with Gasteiger partial charge in [-0.25, -0.2) is 4.79 Å². The summed E-state index contributed by atoms with van der Waals surface area (Å²) in [4.78, 5) is 32.7. The number of allylic oxidation sites excluding steroid dienone is 1. The Labute approximate surface area is 216 Å². The van der Waals surface area contributed by atoms with Crippen molar-refractivity contribution in [2.45, 2.75) is 51.9 Å². The minimum absolute atomic E-state index is 0.0479. The molecule has 0 unspecified atom stereocenters. The Morgan fingerprint density at radius 1 is 1.22 bits per heavy atom. The van der Waals surface area contributed by atoms with Crippen molar-refractivity contribution >= 4 is 17.5 Å². The van der Waals surface area contributed by atoms with Gasteiger partial charge in [-0.15, -0.1) is 0 Å². The Hall–Kier alpha value is -2.81. The first-order valence-corrected chi connectivity index (χ1v) is 12.8. The molecular weight excluding hydrogens is 474 g/mol. The number of carbonyl (C=O) groups excluding carboxylic acids is 2. The number of hydrogen-bond donors (Lipinski definition) is 3. The van der Waals surface area contributed by atoms with Gasteiger partial charge in [0.05, 0.1) is 12.0 Å². The molecule has 4 aliphatic rings. The third-order valence-electron chi connectivity index (χ3n) is 9.54. The zero-order valence-corrected chi connectivity index (χ0v) is 21.8. The number of oxime groups is 1. The first-order valence-electron chi connectivity index (χ1n) is 12.8. The van der Waals surface area contributed by atoms with E-state index in [0.717, 1.165) is 0 Å². The maximum Gasteiger partial charge on any atom is 0.361 e. The summed E-state index contributed by atoms with van der Waals surface area (Å²) in [7, 11) is 1.31. The zero-order valence-electron chi connectivity index (χ0n) is 21.8. The Kier molecular flexibility index (Phi) is 6.01. The fourth-order valence-corrected chi connectivity index (χ4v) is 7.65. The third-order valence-corrected chi connectivity index (χ3v) is 9.54. The van der Waals surface area contributed by atoms with Gasteiger partial charge < -0.3 is 24.9 Å². The molecule has 4 aliphatic carbocycles. The van der Waals surface area contributed by atoms with Crippen LogP contribution >= 0.6 is 0 Å². The highest BCUT2D eigenvalue weighted by molar-refractivity contribution is 6.43. The molecule has 8 heteroatoms. The highest BCUT2D eigenvalue weighted by Gasteiger charge is 2.76. The van der Waals surface area contributed by atoms with Crippen molar-refractivity contribution in [1.29, 1.82) is 0 Å². The van der Waals surface area contributed by atoms with Gasteiger partial charge >= 0.3 is 5.97 Å². The van der Waals surface area contributed by atoms with E-state index >= 15 is 0 Å². The number of fused-ring (bicyclic) bond motifs is 3. The maximum atomic E-state index is 14.4. The SMILES string of the molecule is CO/N=C(\C(=O)O[C@H]1C(C)=C[C@@]23C(=O)[C@@H](C=C(CO)[C@@H](O)[C@]12O)[C@H]1[C@@H](C[C@H]3C)C1(C)C)c1ccccc1. The molecule has 0 heterocycles. The van der Waals surface area contributed by atoms with Gasteiger partial charge in [0.15, 0.2) is 23.2 Å². The van der Waals surface area contributed by atoms with Gasteiger partial charge in [-0.05, 0) is 47.7 Å². The summed E-state index contributed by atoms with van der Waals surface area (Å²) in [5.41, 5.74) is -2.79. The van der Waals surface area contributed by atoms with E-state index in [-0.39, 0.29) is 40.2 Å². The maximum absolute atomic E-state index is 14.4. The van der Waals surface area contributed by atoms with Crippen molar-refractivity contribution < 1.29 is 34.5 Å². The van der Waals surface area contributed by atoms with Gasteiger partial charge in [-0.2, -0.15) is 0 Å². The first kappa shape index (κ1) is 25.8. The number of Topliss-reactive ketones (excluding diaryl/α,β-unsaturated/α-hetero) is 1. The zero-order chi connectivity index (χ0) is 26.9. The van der Waals surface area contributed by atoms with E-state index in [4.69, 9.17) is 9.57 Å². The summed E-state index contributed by atoms with van der Waals surface area (Å²) in [5, 5.41) is 38.2. The number of aliphatic hydroxyl groups excluding tert-OH is 2. The monoisotopic (exact) mass is 509 g/mol. The molecule has 1 spiro atoms. The molecule has 0 aliphatic heterocycles. The van der Waals surface area contributed by atoms with Gasteiger partial charge in [0.2, 0.25) is 0 Å². The number of carbonyl (C=O) groups is 2. The van der Waals surface area contributed by atoms with Crippen LogP contribution in [0.25, 0.3) is 0 Å². The Morgan fingerprint density at radius 2 is 1.89 bits per heavy atom. The smallest absolute Gasteiger partial charge is 0.361 e. The van der Waals surface area contributed by atoms with Crippen LogP contribution in [0.15, 0.2) is 58.8 Å². The molecule has 5 rings (SSSR count). The lowest BCUT2D eigenvalue weighted by molar-refractivity contribution is -0.200. The summed E-state index contributed by atoms with van der Waals surface area (Å²) < 4.78 is 5.90. The fourth-order valence-electron chi connectivity index (χ4n) is 7.65. The van der Waals surface area contributed by atoms with Crippen LogP contribution in [0.3, 0.4) is 0 Å². The summed E-state index contributed by atoms with van der Waals surface area (Å²) >= 11 is 0. The van der Waals surface area contributed by atoms with Crippen LogP contribution in [0.4, 0.5) is 0 Å². The van der Waals surface area contributed by atoms with Crippen molar-refractivity contribution in [3.8, 4) is 0 Å². The quantitative estimate of drug-likeness (QED) is 0.241. The van der Waals surface area contributed by atoms with Crippen LogP contribution in [-0.4, -0.2) is 64.3 Å². The van der Waals surface area contributed by atoms with Crippen molar-refractivity contribution in [3.05, 3.63) is 59.2 Å². The number of nitrogens with zero attached hydrogens (tertiary/aromatic N) is 1. The summed E-state index contributed by atoms with van der Waals surface area (Å²) in [6, 6.07) is 8.62. The average Bonchev–Trinajstić information content (AvgIpc) is 3.36. The second kappa shape index (κ2) is 8.61. The van der Waals surface area contributed by atoms with Gasteiger partial charge in [0.1, 0.15) is 13.2 Å². The second-order valence-electron chi connectivity index (χ2n) is 11.6. The van der Waals surface area contributed by atoms with Crippen molar-refractivity contribution in [1.82, 2.24) is 0 Å². The molecular formula is C29H35NO7. The predicted octanol–water partition coefficient (Wildman–Crippen LogP) is 2.42. The van der Waals surface area contributed by atoms with Crippen molar-refractivity contribution in [2.75, 3.05) is 13.7 Å². The van der Waals surface area contributed by atoms with E-state index < -0.39 is 41.7 Å². The van der Waals surface area contributed by atoms with Gasteiger partial charge in [-0.1, -0.05) is 68.4 Å². The van der Waals surface area contributed by atoms with Gasteiger partial charge in [0, 0.05) is 11.5 Å². The Morgan fingerprint density at radius 3 is 2.51 bits per heavy atom. The average molecular weight is 510 g/mol. The number of ether oxygens (including phenoxy) is 1. The van der Waals surface area contributed by atoms with E-state index in [1.807, 2.05) is 6.92 Å². The summed E-state index contributed by atoms with van der Waals surface area (Å²) in [5.74, 6) is -1.66. The second-order valence-corrected chi connectivity index (χ2v) is 11.6. The molecule has 0 amide bonds. The lowest BCUT2D eigenvalue weighted by Crippen LogP contribution is -2.66. The molecule has 1 aromatic rings. The molecule has 37 heavy (non-hydrogen) atoms. The molecule has 0 saturated heterocycles. The Bertz CT molecular complexity index is 1220. The van der Waals surface area contributed by atoms with Crippen molar-refractivity contribution in [3.63, 3.8) is 0 Å². The van der Waals surface area contributed by atoms with E-state index in [9.17, 15) is 24.9 Å². The van der Waals surface area contributed by atoms with Crippen LogP contribution in [0.1, 0.15) is 39.7 Å². The van der Waals surface area contributed by atoms with Crippen LogP contribution in [0.5, 0.6) is 0 Å². The standard InChI is InChI=1S/C29H35NO7/c1-15-13-28-16(2)11-20-21(27(20,3)4)19(24(28)33)12-18(14-31)23(32)29(28,35)25(15)37-26(34)22(30-36-5)17-9-7-6-8-10-17/h6-10,12-13,16,19-21,23,25,31-32,35H,11,14H2,1-5H3/b30-22-/t16-,19+,20-,21+,23-,25+,28-,29+/m1/s1. The number of ketones is 1. The molecule has 1 aromatic carbocycles. The van der Waals surface area contributed by atoms with E-state index in [2.05, 4.69) is 19.0 Å². The molecule has 2 fully saturated rings. The molecule has 8 nitrogen and oxygen atoms in total. The van der Waals surface area contributed by atoms with Crippen molar-refractivity contribution in [2.24, 2.45) is 39.7 Å².